The maximum atomic E-state index is 12.9. The lowest BCUT2D eigenvalue weighted by Gasteiger charge is -2.12. The summed E-state index contributed by atoms with van der Waals surface area (Å²) < 4.78 is 23.7. The van der Waals surface area contributed by atoms with Crippen molar-refractivity contribution in [2.24, 2.45) is 4.99 Å². The second kappa shape index (κ2) is 14.2. The largest absolute Gasteiger partial charge is 0.497 e. The van der Waals surface area contributed by atoms with Gasteiger partial charge in [0.15, 0.2) is 5.96 Å². The van der Waals surface area contributed by atoms with E-state index in [1.165, 1.54) is 12.1 Å². The molecule has 0 saturated carbocycles. The van der Waals surface area contributed by atoms with Crippen molar-refractivity contribution in [2.75, 3.05) is 33.9 Å². The van der Waals surface area contributed by atoms with E-state index in [0.717, 1.165) is 48.8 Å². The summed E-state index contributed by atoms with van der Waals surface area (Å²) in [7, 11) is 3.40. The molecule has 154 valence electrons. The predicted molar refractivity (Wildman–Crippen MR) is 122 cm³/mol. The Kier molecular flexibility index (Phi) is 12.2. The third-order valence-corrected chi connectivity index (χ3v) is 4.03. The van der Waals surface area contributed by atoms with Crippen LogP contribution in [0.15, 0.2) is 53.5 Å². The monoisotopic (exact) mass is 501 g/mol. The van der Waals surface area contributed by atoms with Gasteiger partial charge in [-0.15, -0.1) is 24.0 Å². The van der Waals surface area contributed by atoms with Crippen molar-refractivity contribution in [2.45, 2.75) is 19.4 Å². The van der Waals surface area contributed by atoms with E-state index >= 15 is 0 Å². The first-order chi connectivity index (χ1) is 13.2. The SMILES string of the molecule is CN=C(NCCCOCc1ccc(OC)cc1)NCCc1ccc(F)cc1.I. The molecule has 2 aromatic rings. The van der Waals surface area contributed by atoms with Crippen molar-refractivity contribution < 1.29 is 13.9 Å². The fourth-order valence-electron chi connectivity index (χ4n) is 2.49. The number of hydrogen-bond acceptors (Lipinski definition) is 3. The Balaban J connectivity index is 0.00000392. The predicted octanol–water partition coefficient (Wildman–Crippen LogP) is 3.77. The van der Waals surface area contributed by atoms with Crippen LogP contribution < -0.4 is 15.4 Å². The van der Waals surface area contributed by atoms with Crippen LogP contribution in [0.1, 0.15) is 17.5 Å². The Morgan fingerprint density at radius 3 is 2.25 bits per heavy atom. The zero-order chi connectivity index (χ0) is 19.3. The fraction of sp³-hybridized carbons (Fsp3) is 0.381. The highest BCUT2D eigenvalue weighted by atomic mass is 127. The van der Waals surface area contributed by atoms with Gasteiger partial charge in [0.25, 0.3) is 0 Å². The normalized spacial score (nSPS) is 10.9. The van der Waals surface area contributed by atoms with E-state index < -0.39 is 0 Å². The third-order valence-electron chi connectivity index (χ3n) is 4.03. The lowest BCUT2D eigenvalue weighted by molar-refractivity contribution is 0.119. The molecule has 0 atom stereocenters. The Morgan fingerprint density at radius 2 is 1.61 bits per heavy atom. The van der Waals surface area contributed by atoms with E-state index in [1.54, 1.807) is 26.3 Å². The first kappa shape index (κ1) is 24.2. The van der Waals surface area contributed by atoms with Crippen LogP contribution in [0, 0.1) is 5.82 Å². The molecule has 0 heterocycles. The van der Waals surface area contributed by atoms with E-state index in [0.29, 0.717) is 13.2 Å². The topological polar surface area (TPSA) is 54.9 Å². The molecule has 0 fully saturated rings. The van der Waals surface area contributed by atoms with E-state index in [2.05, 4.69) is 15.6 Å². The molecule has 2 aromatic carbocycles. The highest BCUT2D eigenvalue weighted by Gasteiger charge is 1.99. The first-order valence-electron chi connectivity index (χ1n) is 9.11. The maximum absolute atomic E-state index is 12.9. The molecule has 2 N–H and O–H groups in total. The van der Waals surface area contributed by atoms with Gasteiger partial charge in [-0.1, -0.05) is 24.3 Å². The van der Waals surface area contributed by atoms with Gasteiger partial charge in [0.05, 0.1) is 13.7 Å². The van der Waals surface area contributed by atoms with Crippen molar-refractivity contribution in [3.8, 4) is 5.75 Å². The first-order valence-corrected chi connectivity index (χ1v) is 9.11. The Bertz CT molecular complexity index is 694. The van der Waals surface area contributed by atoms with Crippen molar-refractivity contribution in [1.29, 1.82) is 0 Å². The second-order valence-corrected chi connectivity index (χ2v) is 6.06. The summed E-state index contributed by atoms with van der Waals surface area (Å²) in [5, 5.41) is 6.51. The zero-order valence-corrected chi connectivity index (χ0v) is 18.7. The number of hydrogen-bond donors (Lipinski definition) is 2. The zero-order valence-electron chi connectivity index (χ0n) is 16.4. The van der Waals surface area contributed by atoms with Crippen LogP contribution >= 0.6 is 24.0 Å². The van der Waals surface area contributed by atoms with Crippen molar-refractivity contribution in [1.82, 2.24) is 10.6 Å². The molecule has 0 amide bonds. The molecular weight excluding hydrogens is 472 g/mol. The van der Waals surface area contributed by atoms with Crippen LogP contribution in [0.2, 0.25) is 0 Å². The van der Waals surface area contributed by atoms with Crippen LogP contribution in [-0.4, -0.2) is 39.8 Å². The van der Waals surface area contributed by atoms with Crippen LogP contribution in [0.3, 0.4) is 0 Å². The molecule has 5 nitrogen and oxygen atoms in total. The van der Waals surface area contributed by atoms with Crippen molar-refractivity contribution in [3.05, 3.63) is 65.5 Å². The number of aliphatic imine (C=N–C) groups is 1. The summed E-state index contributed by atoms with van der Waals surface area (Å²) in [5.74, 6) is 1.40. The molecule has 2 rings (SSSR count). The van der Waals surface area contributed by atoms with E-state index in [4.69, 9.17) is 9.47 Å². The summed E-state index contributed by atoms with van der Waals surface area (Å²) in [6.45, 7) is 2.78. The van der Waals surface area contributed by atoms with Crippen LogP contribution in [0.4, 0.5) is 4.39 Å². The molecule has 0 radical (unpaired) electrons. The van der Waals surface area contributed by atoms with Crippen molar-refractivity contribution in [3.63, 3.8) is 0 Å². The third kappa shape index (κ3) is 9.36. The van der Waals surface area contributed by atoms with Gasteiger partial charge in [-0.2, -0.15) is 0 Å². The number of methoxy groups -OCH3 is 1. The van der Waals surface area contributed by atoms with E-state index in [1.807, 2.05) is 24.3 Å². The number of halogens is 2. The van der Waals surface area contributed by atoms with Gasteiger partial charge in [0, 0.05) is 26.7 Å². The van der Waals surface area contributed by atoms with Crippen molar-refractivity contribution >= 4 is 29.9 Å². The smallest absolute Gasteiger partial charge is 0.190 e. The summed E-state index contributed by atoms with van der Waals surface area (Å²) >= 11 is 0. The molecule has 0 aliphatic heterocycles. The minimum Gasteiger partial charge on any atom is -0.497 e. The summed E-state index contributed by atoms with van der Waals surface area (Å²) in [4.78, 5) is 4.20. The van der Waals surface area contributed by atoms with Gasteiger partial charge in [-0.25, -0.2) is 4.39 Å². The number of ether oxygens (including phenoxy) is 2. The molecule has 0 aromatic heterocycles. The molecule has 7 heteroatoms. The fourth-order valence-corrected chi connectivity index (χ4v) is 2.49. The molecule has 28 heavy (non-hydrogen) atoms. The minimum atomic E-state index is -0.210. The van der Waals surface area contributed by atoms with Gasteiger partial charge >= 0.3 is 0 Å². The van der Waals surface area contributed by atoms with Crippen LogP contribution in [-0.2, 0) is 17.8 Å². The highest BCUT2D eigenvalue weighted by Crippen LogP contribution is 2.11. The lowest BCUT2D eigenvalue weighted by Crippen LogP contribution is -2.39. The van der Waals surface area contributed by atoms with Crippen LogP contribution in [0.25, 0.3) is 0 Å². The number of nitrogens with one attached hydrogen (secondary N) is 2. The van der Waals surface area contributed by atoms with Gasteiger partial charge in [0.2, 0.25) is 0 Å². The summed E-state index contributed by atoms with van der Waals surface area (Å²) in [5.41, 5.74) is 2.22. The standard InChI is InChI=1S/C21H28FN3O2.HI/c1-23-21(25-14-12-17-4-8-19(22)9-5-17)24-13-3-15-27-16-18-6-10-20(26-2)11-7-18;/h4-11H,3,12-16H2,1-2H3,(H2,23,24,25);1H. The molecule has 0 unspecified atom stereocenters. The summed E-state index contributed by atoms with van der Waals surface area (Å²) in [6, 6.07) is 14.4. The van der Waals surface area contributed by atoms with Crippen LogP contribution in [0.5, 0.6) is 5.75 Å². The second-order valence-electron chi connectivity index (χ2n) is 6.06. The van der Waals surface area contributed by atoms with Gasteiger partial charge in [-0.3, -0.25) is 4.99 Å². The molecule has 0 bridgehead atoms. The highest BCUT2D eigenvalue weighted by molar-refractivity contribution is 14.0. The van der Waals surface area contributed by atoms with E-state index in [9.17, 15) is 4.39 Å². The Labute approximate surface area is 183 Å². The van der Waals surface area contributed by atoms with Gasteiger partial charge < -0.3 is 20.1 Å². The number of guanidine groups is 1. The minimum absolute atomic E-state index is 0. The number of nitrogens with zero attached hydrogens (tertiary/aromatic N) is 1. The lowest BCUT2D eigenvalue weighted by atomic mass is 10.1. The molecule has 0 aliphatic carbocycles. The molecule has 0 saturated heterocycles. The van der Waals surface area contributed by atoms with E-state index in [-0.39, 0.29) is 29.8 Å². The quantitative estimate of drug-likeness (QED) is 0.225. The number of benzene rings is 2. The Morgan fingerprint density at radius 1 is 0.964 bits per heavy atom. The Hall–Kier alpha value is -1.87. The maximum Gasteiger partial charge on any atom is 0.190 e. The van der Waals surface area contributed by atoms with Gasteiger partial charge in [0.1, 0.15) is 11.6 Å². The molecular formula is C21H29FIN3O2. The average molecular weight is 501 g/mol. The summed E-state index contributed by atoms with van der Waals surface area (Å²) in [6.07, 6.45) is 1.70. The average Bonchev–Trinajstić information content (AvgIpc) is 2.71. The molecule has 0 aliphatic rings. The van der Waals surface area contributed by atoms with Gasteiger partial charge in [-0.05, 0) is 48.2 Å². The molecule has 0 spiro atoms. The number of rotatable bonds is 10.